The van der Waals surface area contributed by atoms with Gasteiger partial charge in [-0.25, -0.2) is 0 Å². The number of thioether (sulfide) groups is 1. The molecule has 0 saturated carbocycles. The van der Waals surface area contributed by atoms with Crippen LogP contribution in [0.25, 0.3) is 0 Å². The van der Waals surface area contributed by atoms with E-state index in [2.05, 4.69) is 0 Å². The van der Waals surface area contributed by atoms with Gasteiger partial charge in [0, 0.05) is 24.3 Å². The summed E-state index contributed by atoms with van der Waals surface area (Å²) in [4.78, 5) is 24.4. The van der Waals surface area contributed by atoms with Crippen LogP contribution in [-0.4, -0.2) is 39.8 Å². The van der Waals surface area contributed by atoms with Gasteiger partial charge in [0.2, 0.25) is 11.8 Å². The van der Waals surface area contributed by atoms with E-state index in [1.807, 2.05) is 20.8 Å². The molecule has 0 aromatic rings. The standard InChI is InChI=1S/C10H18N2O2S/c1-4-12-8(13)5-7(9(12)14)15-6-10(2,3)11/h7H,4-6,11H2,1-3H3. The van der Waals surface area contributed by atoms with Crippen LogP contribution in [0.3, 0.4) is 0 Å². The van der Waals surface area contributed by atoms with Crippen LogP contribution in [0.5, 0.6) is 0 Å². The Balaban J connectivity index is 2.52. The third-order valence-corrected chi connectivity index (χ3v) is 3.86. The first-order valence-corrected chi connectivity index (χ1v) is 6.14. The Morgan fingerprint density at radius 3 is 2.53 bits per heavy atom. The Morgan fingerprint density at radius 1 is 1.53 bits per heavy atom. The lowest BCUT2D eigenvalue weighted by Crippen LogP contribution is -2.36. The molecule has 0 aromatic heterocycles. The van der Waals surface area contributed by atoms with Crippen molar-refractivity contribution in [2.24, 2.45) is 5.73 Å². The SMILES string of the molecule is CCN1C(=O)CC(SCC(C)(C)N)C1=O. The van der Waals surface area contributed by atoms with E-state index in [1.165, 1.54) is 16.7 Å². The quantitative estimate of drug-likeness (QED) is 0.719. The summed E-state index contributed by atoms with van der Waals surface area (Å²) in [5.74, 6) is 0.570. The molecule has 2 amide bonds. The third kappa shape index (κ3) is 3.21. The van der Waals surface area contributed by atoms with Crippen molar-refractivity contribution in [2.75, 3.05) is 12.3 Å². The Labute approximate surface area is 94.6 Å². The lowest BCUT2D eigenvalue weighted by Gasteiger charge is -2.19. The Hall–Kier alpha value is -0.550. The van der Waals surface area contributed by atoms with Crippen LogP contribution in [0.2, 0.25) is 0 Å². The summed E-state index contributed by atoms with van der Waals surface area (Å²) in [5.41, 5.74) is 5.53. The number of likely N-dealkylation sites (tertiary alicyclic amines) is 1. The number of carbonyl (C=O) groups excluding carboxylic acids is 2. The number of hydrogen-bond donors (Lipinski definition) is 1. The second-order valence-electron chi connectivity index (χ2n) is 4.47. The van der Waals surface area contributed by atoms with Crippen LogP contribution < -0.4 is 5.73 Å². The van der Waals surface area contributed by atoms with Crippen molar-refractivity contribution in [1.29, 1.82) is 0 Å². The van der Waals surface area contributed by atoms with Gasteiger partial charge in [-0.05, 0) is 20.8 Å². The van der Waals surface area contributed by atoms with Gasteiger partial charge < -0.3 is 5.73 Å². The maximum Gasteiger partial charge on any atom is 0.242 e. The summed E-state index contributed by atoms with van der Waals surface area (Å²) in [5, 5.41) is -0.222. The molecule has 1 aliphatic rings. The average Bonchev–Trinajstić information content (AvgIpc) is 2.37. The minimum absolute atomic E-state index is 0.0586. The molecule has 2 N–H and O–H groups in total. The number of carbonyl (C=O) groups is 2. The van der Waals surface area contributed by atoms with E-state index < -0.39 is 0 Å². The first kappa shape index (κ1) is 12.5. The van der Waals surface area contributed by atoms with E-state index >= 15 is 0 Å². The molecule has 0 spiro atoms. The van der Waals surface area contributed by atoms with Crippen LogP contribution >= 0.6 is 11.8 Å². The van der Waals surface area contributed by atoms with Crippen molar-refractivity contribution in [3.05, 3.63) is 0 Å². The molecule has 1 saturated heterocycles. The molecular weight excluding hydrogens is 212 g/mol. The summed E-state index contributed by atoms with van der Waals surface area (Å²) in [6, 6.07) is 0. The Kier molecular flexibility index (Phi) is 3.78. The molecule has 5 heteroatoms. The maximum absolute atomic E-state index is 11.7. The topological polar surface area (TPSA) is 63.4 Å². The molecule has 1 fully saturated rings. The fourth-order valence-electron chi connectivity index (χ4n) is 1.43. The monoisotopic (exact) mass is 230 g/mol. The number of imide groups is 1. The van der Waals surface area contributed by atoms with Gasteiger partial charge >= 0.3 is 0 Å². The molecule has 0 radical (unpaired) electrons. The number of amides is 2. The van der Waals surface area contributed by atoms with E-state index in [0.717, 1.165) is 0 Å². The Morgan fingerprint density at radius 2 is 2.13 bits per heavy atom. The van der Waals surface area contributed by atoms with E-state index in [9.17, 15) is 9.59 Å². The summed E-state index contributed by atoms with van der Waals surface area (Å²) < 4.78 is 0. The third-order valence-electron chi connectivity index (χ3n) is 2.18. The summed E-state index contributed by atoms with van der Waals surface area (Å²) >= 11 is 1.48. The number of hydrogen-bond acceptors (Lipinski definition) is 4. The maximum atomic E-state index is 11.7. The first-order valence-electron chi connectivity index (χ1n) is 5.10. The minimum Gasteiger partial charge on any atom is -0.325 e. The normalized spacial score (nSPS) is 22.7. The fourth-order valence-corrected chi connectivity index (χ4v) is 2.59. The zero-order chi connectivity index (χ0) is 11.6. The van der Waals surface area contributed by atoms with Crippen molar-refractivity contribution in [1.82, 2.24) is 4.90 Å². The number of rotatable bonds is 4. The van der Waals surface area contributed by atoms with Crippen LogP contribution in [0.1, 0.15) is 27.2 Å². The summed E-state index contributed by atoms with van der Waals surface area (Å²) in [7, 11) is 0. The fraction of sp³-hybridized carbons (Fsp3) is 0.800. The molecule has 0 aliphatic carbocycles. The zero-order valence-electron chi connectivity index (χ0n) is 9.45. The van der Waals surface area contributed by atoms with Gasteiger partial charge in [-0.2, -0.15) is 0 Å². The molecular formula is C10H18N2O2S. The van der Waals surface area contributed by atoms with E-state index in [0.29, 0.717) is 18.7 Å². The van der Waals surface area contributed by atoms with Crippen molar-refractivity contribution in [3.8, 4) is 0 Å². The number of nitrogens with zero attached hydrogens (tertiary/aromatic N) is 1. The lowest BCUT2D eigenvalue weighted by atomic mass is 10.1. The Bertz CT molecular complexity index is 273. The van der Waals surface area contributed by atoms with Gasteiger partial charge in [-0.15, -0.1) is 11.8 Å². The molecule has 0 aromatic carbocycles. The molecule has 1 rings (SSSR count). The van der Waals surface area contributed by atoms with Gasteiger partial charge in [-0.1, -0.05) is 0 Å². The molecule has 0 bridgehead atoms. The van der Waals surface area contributed by atoms with E-state index in [-0.39, 0.29) is 22.6 Å². The molecule has 1 unspecified atom stereocenters. The number of nitrogens with two attached hydrogens (primary N) is 1. The van der Waals surface area contributed by atoms with Crippen molar-refractivity contribution in [3.63, 3.8) is 0 Å². The molecule has 1 atom stereocenters. The average molecular weight is 230 g/mol. The first-order chi connectivity index (χ1) is 6.85. The highest BCUT2D eigenvalue weighted by atomic mass is 32.2. The predicted molar refractivity (Wildman–Crippen MR) is 61.5 cm³/mol. The molecule has 1 aliphatic heterocycles. The highest BCUT2D eigenvalue weighted by Gasteiger charge is 2.38. The van der Waals surface area contributed by atoms with Gasteiger partial charge in [0.25, 0.3) is 0 Å². The van der Waals surface area contributed by atoms with Crippen LogP contribution in [-0.2, 0) is 9.59 Å². The van der Waals surface area contributed by atoms with Gasteiger partial charge in [-0.3, -0.25) is 14.5 Å². The van der Waals surface area contributed by atoms with Crippen molar-refractivity contribution < 1.29 is 9.59 Å². The van der Waals surface area contributed by atoms with Crippen LogP contribution in [0, 0.1) is 0 Å². The molecule has 15 heavy (non-hydrogen) atoms. The molecule has 1 heterocycles. The van der Waals surface area contributed by atoms with Crippen molar-refractivity contribution in [2.45, 2.75) is 38.0 Å². The van der Waals surface area contributed by atoms with Gasteiger partial charge in [0.05, 0.1) is 5.25 Å². The second-order valence-corrected chi connectivity index (χ2v) is 5.66. The summed E-state index contributed by atoms with van der Waals surface area (Å²) in [6.07, 6.45) is 0.327. The highest BCUT2D eigenvalue weighted by molar-refractivity contribution is 8.00. The van der Waals surface area contributed by atoms with Crippen LogP contribution in [0.15, 0.2) is 0 Å². The summed E-state index contributed by atoms with van der Waals surface area (Å²) in [6.45, 7) is 6.12. The highest BCUT2D eigenvalue weighted by Crippen LogP contribution is 2.26. The second kappa shape index (κ2) is 4.53. The molecule has 4 nitrogen and oxygen atoms in total. The van der Waals surface area contributed by atoms with Crippen molar-refractivity contribution >= 4 is 23.6 Å². The lowest BCUT2D eigenvalue weighted by molar-refractivity contribution is -0.137. The minimum atomic E-state index is -0.298. The zero-order valence-corrected chi connectivity index (χ0v) is 10.3. The van der Waals surface area contributed by atoms with Gasteiger partial charge in [0.1, 0.15) is 0 Å². The van der Waals surface area contributed by atoms with Crippen LogP contribution in [0.4, 0.5) is 0 Å². The smallest absolute Gasteiger partial charge is 0.242 e. The largest absolute Gasteiger partial charge is 0.325 e. The van der Waals surface area contributed by atoms with E-state index in [1.54, 1.807) is 0 Å². The van der Waals surface area contributed by atoms with E-state index in [4.69, 9.17) is 5.73 Å². The van der Waals surface area contributed by atoms with Gasteiger partial charge in [0.15, 0.2) is 0 Å². The molecule has 86 valence electrons. The predicted octanol–water partition coefficient (Wildman–Crippen LogP) is 0.604.